The van der Waals surface area contributed by atoms with Crippen LogP contribution in [0, 0.1) is 20.8 Å². The third-order valence-corrected chi connectivity index (χ3v) is 9.55. The van der Waals surface area contributed by atoms with Gasteiger partial charge in [-0.1, -0.05) is 23.7 Å². The SMILES string of the molecule is Cc1sc2c(c1C)C(c1ccc(Cl)cc1)=NC(CC(=O)N1CCN(C(C)(C)CC(C)(C)N)CC1)c1nnc(C)n1-2. The Hall–Kier alpha value is -2.59. The maximum atomic E-state index is 13.7. The summed E-state index contributed by atoms with van der Waals surface area (Å²) in [6.45, 7) is 17.9. The van der Waals surface area contributed by atoms with Gasteiger partial charge in [0.1, 0.15) is 16.9 Å². The maximum Gasteiger partial charge on any atom is 0.225 e. The summed E-state index contributed by atoms with van der Waals surface area (Å²) in [6.07, 6.45) is 1.12. The van der Waals surface area contributed by atoms with Gasteiger partial charge in [-0.25, -0.2) is 0 Å². The molecule has 1 atom stereocenters. The number of aromatic nitrogens is 3. The highest BCUT2D eigenvalue weighted by atomic mass is 35.5. The average Bonchev–Trinajstić information content (AvgIpc) is 3.35. The zero-order valence-corrected chi connectivity index (χ0v) is 26.2. The van der Waals surface area contributed by atoms with Crippen LogP contribution >= 0.6 is 22.9 Å². The summed E-state index contributed by atoms with van der Waals surface area (Å²) in [4.78, 5) is 24.7. The van der Waals surface area contributed by atoms with Crippen molar-refractivity contribution in [3.05, 3.63) is 62.5 Å². The summed E-state index contributed by atoms with van der Waals surface area (Å²) in [5, 5.41) is 10.7. The van der Waals surface area contributed by atoms with E-state index in [-0.39, 0.29) is 23.4 Å². The van der Waals surface area contributed by atoms with E-state index >= 15 is 0 Å². The van der Waals surface area contributed by atoms with Gasteiger partial charge in [0.15, 0.2) is 5.82 Å². The van der Waals surface area contributed by atoms with E-state index in [1.807, 2.05) is 36.1 Å². The molecule has 214 valence electrons. The largest absolute Gasteiger partial charge is 0.340 e. The molecule has 0 bridgehead atoms. The van der Waals surface area contributed by atoms with Gasteiger partial charge in [-0.05, 0) is 72.6 Å². The molecule has 10 heteroatoms. The van der Waals surface area contributed by atoms with E-state index in [2.05, 4.69) is 61.2 Å². The van der Waals surface area contributed by atoms with Crippen molar-refractivity contribution >= 4 is 34.6 Å². The van der Waals surface area contributed by atoms with Gasteiger partial charge in [-0.15, -0.1) is 21.5 Å². The number of benzene rings is 1. The van der Waals surface area contributed by atoms with Crippen LogP contribution in [0.1, 0.15) is 79.8 Å². The van der Waals surface area contributed by atoms with Crippen molar-refractivity contribution in [1.29, 1.82) is 0 Å². The number of amides is 1. The van der Waals surface area contributed by atoms with Gasteiger partial charge in [0.2, 0.25) is 5.91 Å². The Bertz CT molecular complexity index is 1440. The molecule has 3 aromatic rings. The molecule has 0 spiro atoms. The van der Waals surface area contributed by atoms with Gasteiger partial charge < -0.3 is 10.6 Å². The molecule has 0 aliphatic carbocycles. The second-order valence-corrected chi connectivity index (χ2v) is 14.1. The molecule has 4 heterocycles. The molecule has 2 aliphatic rings. The normalized spacial score (nSPS) is 18.3. The third kappa shape index (κ3) is 5.62. The third-order valence-electron chi connectivity index (χ3n) is 8.10. The molecule has 1 fully saturated rings. The zero-order valence-electron chi connectivity index (χ0n) is 24.6. The van der Waals surface area contributed by atoms with Crippen LogP contribution < -0.4 is 5.73 Å². The van der Waals surface area contributed by atoms with Gasteiger partial charge in [-0.3, -0.25) is 19.3 Å². The van der Waals surface area contributed by atoms with Crippen LogP contribution in [0.3, 0.4) is 0 Å². The standard InChI is InChI=1S/C30H40ClN7OS/c1-18-19(2)40-28-25(18)26(21-8-10-22(31)11-9-21)33-23(27-35-34-20(3)38(27)28)16-24(39)36-12-14-37(15-13-36)30(6,7)17-29(4,5)32/h8-11,23H,12-17,32H2,1-7H3. The second-order valence-electron chi connectivity index (χ2n) is 12.5. The van der Waals surface area contributed by atoms with Crippen LogP contribution in [0.5, 0.6) is 0 Å². The minimum atomic E-state index is -0.453. The molecule has 1 aromatic carbocycles. The van der Waals surface area contributed by atoms with E-state index in [0.717, 1.165) is 47.2 Å². The van der Waals surface area contributed by atoms with E-state index in [0.29, 0.717) is 23.9 Å². The van der Waals surface area contributed by atoms with Crippen molar-refractivity contribution < 1.29 is 4.79 Å². The predicted octanol–water partition coefficient (Wildman–Crippen LogP) is 5.24. The summed E-state index contributed by atoms with van der Waals surface area (Å²) < 4.78 is 2.10. The molecule has 40 heavy (non-hydrogen) atoms. The number of thiophene rings is 1. The molecule has 0 radical (unpaired) electrons. The lowest BCUT2D eigenvalue weighted by atomic mass is 9.86. The molecular formula is C30H40ClN7OS. The molecular weight excluding hydrogens is 542 g/mol. The highest BCUT2D eigenvalue weighted by Gasteiger charge is 2.37. The summed E-state index contributed by atoms with van der Waals surface area (Å²) in [6, 6.07) is 7.32. The number of carbonyl (C=O) groups excluding carboxylic acids is 1. The fourth-order valence-corrected chi connectivity index (χ4v) is 7.55. The molecule has 2 aliphatic heterocycles. The Morgan fingerprint density at radius 1 is 1.05 bits per heavy atom. The second kappa shape index (κ2) is 10.7. The van der Waals surface area contributed by atoms with Gasteiger partial charge in [0.25, 0.3) is 0 Å². The molecule has 2 aromatic heterocycles. The minimum Gasteiger partial charge on any atom is -0.340 e. The first kappa shape index (κ1) is 28.9. The van der Waals surface area contributed by atoms with Gasteiger partial charge in [0, 0.05) is 58.3 Å². The number of carbonyl (C=O) groups is 1. The van der Waals surface area contributed by atoms with Gasteiger partial charge >= 0.3 is 0 Å². The van der Waals surface area contributed by atoms with E-state index in [4.69, 9.17) is 22.3 Å². The van der Waals surface area contributed by atoms with Gasteiger partial charge in [-0.2, -0.15) is 0 Å². The Morgan fingerprint density at radius 2 is 1.70 bits per heavy atom. The number of piperazine rings is 1. The number of aryl methyl sites for hydroxylation is 2. The topological polar surface area (TPSA) is 92.6 Å². The van der Waals surface area contributed by atoms with Crippen molar-refractivity contribution in [1.82, 2.24) is 24.6 Å². The van der Waals surface area contributed by atoms with Crippen molar-refractivity contribution in [2.45, 2.75) is 78.4 Å². The van der Waals surface area contributed by atoms with E-state index in [9.17, 15) is 4.79 Å². The molecule has 1 saturated heterocycles. The van der Waals surface area contributed by atoms with E-state index in [1.165, 1.54) is 10.4 Å². The number of hydrogen-bond donors (Lipinski definition) is 1. The first-order chi connectivity index (χ1) is 18.7. The molecule has 5 rings (SSSR count). The van der Waals surface area contributed by atoms with Crippen molar-refractivity contribution in [2.75, 3.05) is 26.2 Å². The van der Waals surface area contributed by atoms with Crippen LogP contribution in [0.15, 0.2) is 29.3 Å². The van der Waals surface area contributed by atoms with Crippen molar-refractivity contribution in [3.8, 4) is 5.00 Å². The summed E-state index contributed by atoms with van der Waals surface area (Å²) >= 11 is 7.94. The number of rotatable bonds is 6. The zero-order chi connectivity index (χ0) is 29.0. The Kier molecular flexibility index (Phi) is 7.72. The monoisotopic (exact) mass is 581 g/mol. The van der Waals surface area contributed by atoms with Crippen molar-refractivity contribution in [2.24, 2.45) is 10.7 Å². The number of aliphatic imine (C=N–C) groups is 1. The van der Waals surface area contributed by atoms with Crippen molar-refractivity contribution in [3.63, 3.8) is 0 Å². The average molecular weight is 582 g/mol. The lowest BCUT2D eigenvalue weighted by Crippen LogP contribution is -2.58. The first-order valence-electron chi connectivity index (χ1n) is 13.9. The Morgan fingerprint density at radius 3 is 2.33 bits per heavy atom. The highest BCUT2D eigenvalue weighted by molar-refractivity contribution is 7.15. The Balaban J connectivity index is 1.44. The number of halogens is 1. The Labute approximate surface area is 246 Å². The highest BCUT2D eigenvalue weighted by Crippen LogP contribution is 2.40. The molecule has 1 unspecified atom stereocenters. The van der Waals surface area contributed by atoms with Crippen LogP contribution in [0.25, 0.3) is 5.00 Å². The number of hydrogen-bond acceptors (Lipinski definition) is 7. The van der Waals surface area contributed by atoms with E-state index < -0.39 is 6.04 Å². The maximum absolute atomic E-state index is 13.7. The minimum absolute atomic E-state index is 0.0339. The summed E-state index contributed by atoms with van der Waals surface area (Å²) in [7, 11) is 0. The fraction of sp³-hybridized carbons (Fsp3) is 0.533. The number of fused-ring (bicyclic) bond motifs is 3. The smallest absolute Gasteiger partial charge is 0.225 e. The van der Waals surface area contributed by atoms with Gasteiger partial charge in [0.05, 0.1) is 12.1 Å². The fourth-order valence-electron chi connectivity index (χ4n) is 6.21. The quantitative estimate of drug-likeness (QED) is 0.430. The molecule has 1 amide bonds. The summed E-state index contributed by atoms with van der Waals surface area (Å²) in [5.41, 5.74) is 10.2. The lowest BCUT2D eigenvalue weighted by molar-refractivity contribution is -0.134. The van der Waals surface area contributed by atoms with Crippen LogP contribution in [0.4, 0.5) is 0 Å². The van der Waals surface area contributed by atoms with Crippen LogP contribution in [-0.4, -0.2) is 73.4 Å². The molecule has 8 nitrogen and oxygen atoms in total. The number of nitrogens with two attached hydrogens (primary N) is 1. The van der Waals surface area contributed by atoms with E-state index in [1.54, 1.807) is 11.3 Å². The lowest BCUT2D eigenvalue weighted by Gasteiger charge is -2.46. The summed E-state index contributed by atoms with van der Waals surface area (Å²) in [5.74, 6) is 1.59. The molecule has 0 saturated carbocycles. The molecule has 2 N–H and O–H groups in total. The first-order valence-corrected chi connectivity index (χ1v) is 15.1. The predicted molar refractivity (Wildman–Crippen MR) is 163 cm³/mol. The number of nitrogens with zero attached hydrogens (tertiary/aromatic N) is 6. The van der Waals surface area contributed by atoms with Crippen LogP contribution in [-0.2, 0) is 4.79 Å². The van der Waals surface area contributed by atoms with Crippen LogP contribution in [0.2, 0.25) is 5.02 Å².